The summed E-state index contributed by atoms with van der Waals surface area (Å²) in [4.78, 5) is 16.5. The lowest BCUT2D eigenvalue weighted by molar-refractivity contribution is 0.0997. The van der Waals surface area contributed by atoms with E-state index in [0.717, 1.165) is 10.2 Å². The number of rotatable bonds is 2. The van der Waals surface area contributed by atoms with E-state index in [-0.39, 0.29) is 24.1 Å². The summed E-state index contributed by atoms with van der Waals surface area (Å²) in [5, 5.41) is 8.25. The maximum Gasteiger partial charge on any atom is 0.302 e. The van der Waals surface area contributed by atoms with E-state index in [1.165, 1.54) is 4.80 Å². The Balaban J connectivity index is 0.00000200. The Morgan fingerprint density at radius 1 is 1.35 bits per heavy atom. The Morgan fingerprint density at radius 3 is 2.65 bits per heavy atom. The highest BCUT2D eigenvalue weighted by Gasteiger charge is 2.16. The van der Waals surface area contributed by atoms with Crippen molar-refractivity contribution in [3.63, 3.8) is 0 Å². The second kappa shape index (κ2) is 6.49. The molecule has 0 aliphatic carbocycles. The molecule has 0 saturated carbocycles. The van der Waals surface area contributed by atoms with Gasteiger partial charge in [-0.3, -0.25) is 4.79 Å². The molecule has 0 saturated heterocycles. The minimum Gasteiger partial charge on any atom is -0.370 e. The van der Waals surface area contributed by atoms with Crippen molar-refractivity contribution in [1.82, 2.24) is 15.0 Å². The summed E-state index contributed by atoms with van der Waals surface area (Å²) < 4.78 is 0.886. The number of nitrogens with two attached hydrogens (primary N) is 2. The first kappa shape index (κ1) is 16.1. The van der Waals surface area contributed by atoms with Gasteiger partial charge >= 0.3 is 5.91 Å². The second-order valence-electron chi connectivity index (χ2n) is 3.75. The number of aromatic nitrogens is 3. The highest BCUT2D eigenvalue weighted by atomic mass is 79.9. The number of hydrogen-bond acceptors (Lipinski definition) is 3. The van der Waals surface area contributed by atoms with Crippen LogP contribution in [0.15, 0.2) is 33.7 Å². The molecule has 4 N–H and O–H groups in total. The molecule has 0 aliphatic rings. The molecule has 9 heteroatoms. The van der Waals surface area contributed by atoms with Crippen molar-refractivity contribution in [3.05, 3.63) is 40.1 Å². The Morgan fingerprint density at radius 2 is 2.05 bits per heavy atom. The van der Waals surface area contributed by atoms with Crippen LogP contribution in [0.4, 0.5) is 0 Å². The number of carbonyl (C=O) groups excluding carboxylic acids is 1. The van der Waals surface area contributed by atoms with Crippen LogP contribution < -0.4 is 11.5 Å². The average Bonchev–Trinajstić information content (AvgIpc) is 2.70. The van der Waals surface area contributed by atoms with Crippen LogP contribution in [0.2, 0.25) is 0 Å². The minimum absolute atomic E-state index is 0. The number of amides is 1. The maximum atomic E-state index is 11.7. The molecule has 0 radical (unpaired) electrons. The molecule has 1 aromatic heterocycles. The lowest BCUT2D eigenvalue weighted by Gasteiger charge is -1.98. The van der Waals surface area contributed by atoms with Crippen molar-refractivity contribution in [2.24, 2.45) is 16.5 Å². The standard InChI is InChI=1S/C11H11BrN6O.ClH/c1-6-9(10(19)15-11(13)14)17-18(16-6)8-4-2-3-7(12)5-8;/h2-5H,1H3,(H4,13,14,15,19);1H. The van der Waals surface area contributed by atoms with Crippen LogP contribution in [0.5, 0.6) is 0 Å². The molecule has 0 fully saturated rings. The SMILES string of the molecule is Cc1nn(-c2cccc(Br)c2)nc1C(=O)N=C(N)N.Cl. The molecule has 1 aromatic carbocycles. The predicted molar refractivity (Wildman–Crippen MR) is 81.2 cm³/mol. The summed E-state index contributed by atoms with van der Waals surface area (Å²) in [6.07, 6.45) is 0. The molecule has 2 rings (SSSR count). The number of benzene rings is 1. The molecule has 20 heavy (non-hydrogen) atoms. The Hall–Kier alpha value is -1.93. The summed E-state index contributed by atoms with van der Waals surface area (Å²) in [6, 6.07) is 7.37. The fourth-order valence-electron chi connectivity index (χ4n) is 1.46. The average molecular weight is 360 g/mol. The Labute approximate surface area is 129 Å². The lowest BCUT2D eigenvalue weighted by atomic mass is 10.3. The molecule has 106 valence electrons. The zero-order valence-electron chi connectivity index (χ0n) is 10.4. The van der Waals surface area contributed by atoms with Gasteiger partial charge < -0.3 is 11.5 Å². The van der Waals surface area contributed by atoms with Crippen LogP contribution in [0.25, 0.3) is 5.69 Å². The van der Waals surface area contributed by atoms with Crippen LogP contribution in [0.1, 0.15) is 16.2 Å². The largest absolute Gasteiger partial charge is 0.370 e. The molecule has 0 atom stereocenters. The summed E-state index contributed by atoms with van der Waals surface area (Å²) in [5.74, 6) is -0.917. The summed E-state index contributed by atoms with van der Waals surface area (Å²) >= 11 is 3.36. The van der Waals surface area contributed by atoms with Crippen LogP contribution in [-0.2, 0) is 0 Å². The van der Waals surface area contributed by atoms with E-state index in [1.807, 2.05) is 24.3 Å². The number of carbonyl (C=O) groups is 1. The van der Waals surface area contributed by atoms with Crippen molar-refractivity contribution < 1.29 is 4.79 Å². The van der Waals surface area contributed by atoms with Crippen molar-refractivity contribution >= 4 is 40.2 Å². The number of hydrogen-bond donors (Lipinski definition) is 2. The first-order valence-electron chi connectivity index (χ1n) is 5.31. The number of halogens is 2. The molecule has 1 heterocycles. The topological polar surface area (TPSA) is 112 Å². The van der Waals surface area contributed by atoms with Gasteiger partial charge in [-0.05, 0) is 25.1 Å². The molecule has 1 amide bonds. The van der Waals surface area contributed by atoms with Gasteiger partial charge in [0.1, 0.15) is 0 Å². The Kier molecular flexibility index (Phi) is 5.23. The van der Waals surface area contributed by atoms with E-state index < -0.39 is 5.91 Å². The Bertz CT molecular complexity index is 665. The smallest absolute Gasteiger partial charge is 0.302 e. The number of guanidine groups is 1. The fraction of sp³-hybridized carbons (Fsp3) is 0.0909. The van der Waals surface area contributed by atoms with Gasteiger partial charge in [0.25, 0.3) is 0 Å². The lowest BCUT2D eigenvalue weighted by Crippen LogP contribution is -2.24. The van der Waals surface area contributed by atoms with E-state index in [2.05, 4.69) is 31.1 Å². The predicted octanol–water partition coefficient (Wildman–Crippen LogP) is 1.17. The van der Waals surface area contributed by atoms with Gasteiger partial charge in [-0.1, -0.05) is 22.0 Å². The first-order chi connectivity index (χ1) is 8.97. The zero-order chi connectivity index (χ0) is 14.0. The fourth-order valence-corrected chi connectivity index (χ4v) is 1.85. The minimum atomic E-state index is -0.612. The van der Waals surface area contributed by atoms with Crippen molar-refractivity contribution in [1.29, 1.82) is 0 Å². The van der Waals surface area contributed by atoms with Crippen LogP contribution >= 0.6 is 28.3 Å². The number of aliphatic imine (C=N–C) groups is 1. The zero-order valence-corrected chi connectivity index (χ0v) is 12.8. The van der Waals surface area contributed by atoms with E-state index in [9.17, 15) is 4.79 Å². The van der Waals surface area contributed by atoms with Gasteiger partial charge in [0.15, 0.2) is 11.7 Å². The number of nitrogens with zero attached hydrogens (tertiary/aromatic N) is 4. The van der Waals surface area contributed by atoms with E-state index in [4.69, 9.17) is 11.5 Å². The summed E-state index contributed by atoms with van der Waals surface area (Å²) in [5.41, 5.74) is 11.6. The van der Waals surface area contributed by atoms with Crippen LogP contribution in [-0.4, -0.2) is 26.9 Å². The maximum absolute atomic E-state index is 11.7. The summed E-state index contributed by atoms with van der Waals surface area (Å²) in [7, 11) is 0. The van der Waals surface area contributed by atoms with Crippen molar-refractivity contribution in [3.8, 4) is 5.69 Å². The molecule has 0 unspecified atom stereocenters. The quantitative estimate of drug-likeness (QED) is 0.617. The van der Waals surface area contributed by atoms with Crippen molar-refractivity contribution in [2.75, 3.05) is 0 Å². The molecular weight excluding hydrogens is 348 g/mol. The van der Waals surface area contributed by atoms with Crippen molar-refractivity contribution in [2.45, 2.75) is 6.92 Å². The monoisotopic (exact) mass is 358 g/mol. The van der Waals surface area contributed by atoms with Crippen LogP contribution in [0.3, 0.4) is 0 Å². The third kappa shape index (κ3) is 3.55. The van der Waals surface area contributed by atoms with E-state index in [1.54, 1.807) is 6.92 Å². The summed E-state index contributed by atoms with van der Waals surface area (Å²) in [6.45, 7) is 1.66. The van der Waals surface area contributed by atoms with Crippen LogP contribution in [0, 0.1) is 6.92 Å². The van der Waals surface area contributed by atoms with Gasteiger partial charge in [-0.15, -0.1) is 17.5 Å². The van der Waals surface area contributed by atoms with Gasteiger partial charge in [-0.2, -0.15) is 14.9 Å². The third-order valence-corrected chi connectivity index (χ3v) is 2.75. The molecule has 0 aliphatic heterocycles. The molecule has 7 nitrogen and oxygen atoms in total. The molecule has 0 bridgehead atoms. The normalized spacial score (nSPS) is 9.70. The third-order valence-electron chi connectivity index (χ3n) is 2.25. The second-order valence-corrected chi connectivity index (χ2v) is 4.66. The molecule has 2 aromatic rings. The highest BCUT2D eigenvalue weighted by molar-refractivity contribution is 9.10. The van der Waals surface area contributed by atoms with Gasteiger partial charge in [0, 0.05) is 4.47 Å². The first-order valence-corrected chi connectivity index (χ1v) is 6.10. The number of aryl methyl sites for hydroxylation is 1. The highest BCUT2D eigenvalue weighted by Crippen LogP contribution is 2.15. The molecule has 0 spiro atoms. The molecular formula is C11H12BrClN6O. The van der Waals surface area contributed by atoms with Gasteiger partial charge in [-0.25, -0.2) is 0 Å². The van der Waals surface area contributed by atoms with E-state index in [0.29, 0.717) is 5.69 Å². The van der Waals surface area contributed by atoms with E-state index >= 15 is 0 Å². The van der Waals surface area contributed by atoms with Gasteiger partial charge in [0.2, 0.25) is 0 Å². The van der Waals surface area contributed by atoms with Gasteiger partial charge in [0.05, 0.1) is 11.4 Å².